The van der Waals surface area contributed by atoms with E-state index in [1.807, 2.05) is 42.5 Å². The number of fused-ring (bicyclic) bond motifs is 2. The van der Waals surface area contributed by atoms with Crippen LogP contribution in [0, 0.1) is 0 Å². The first-order valence-corrected chi connectivity index (χ1v) is 11.4. The molecule has 1 amide bonds. The van der Waals surface area contributed by atoms with Crippen LogP contribution in [-0.2, 0) is 0 Å². The Kier molecular flexibility index (Phi) is 5.48. The number of nitrogens with zero attached hydrogens (tertiary/aromatic N) is 3. The first-order valence-electron chi connectivity index (χ1n) is 9.49. The summed E-state index contributed by atoms with van der Waals surface area (Å²) in [6.07, 6.45) is 0. The van der Waals surface area contributed by atoms with Crippen molar-refractivity contribution in [1.29, 1.82) is 0 Å². The number of thiazole rings is 1. The number of amides is 1. The molecule has 0 aliphatic carbocycles. The summed E-state index contributed by atoms with van der Waals surface area (Å²) in [6.45, 7) is 0. The van der Waals surface area contributed by atoms with Gasteiger partial charge in [0.15, 0.2) is 5.11 Å². The topological polar surface area (TPSA) is 89.0 Å². The fourth-order valence-corrected chi connectivity index (χ4v) is 4.87. The number of benzene rings is 3. The van der Waals surface area contributed by atoms with Gasteiger partial charge in [-0.15, -0.1) is 11.3 Å². The van der Waals surface area contributed by atoms with Crippen LogP contribution in [0.3, 0.4) is 0 Å². The van der Waals surface area contributed by atoms with Gasteiger partial charge in [0.1, 0.15) is 21.8 Å². The maximum atomic E-state index is 12.6. The third-order valence-corrected chi connectivity index (χ3v) is 6.58. The molecule has 0 spiro atoms. The molecule has 0 bridgehead atoms. The zero-order valence-electron chi connectivity index (χ0n) is 16.7. The van der Waals surface area contributed by atoms with E-state index >= 15 is 0 Å². The van der Waals surface area contributed by atoms with Gasteiger partial charge in [-0.3, -0.25) is 10.1 Å². The molecule has 0 radical (unpaired) electrons. The van der Waals surface area contributed by atoms with E-state index in [-0.39, 0.29) is 11.0 Å². The largest absolute Gasteiger partial charge is 0.495 e. The monoisotopic (exact) mass is 477 g/mol. The van der Waals surface area contributed by atoms with Gasteiger partial charge in [0.25, 0.3) is 5.91 Å². The second-order valence-corrected chi connectivity index (χ2v) is 8.75. The Labute approximate surface area is 196 Å². The number of hydrogen-bond donors (Lipinski definition) is 2. The molecule has 0 aliphatic rings. The zero-order valence-corrected chi connectivity index (χ0v) is 19.1. The van der Waals surface area contributed by atoms with E-state index in [9.17, 15) is 4.79 Å². The SMILES string of the molecule is COc1ccc(-c2nc3ccccc3s2)cc1NC(=S)NC(=O)c1ccc2nsnc2c1. The van der Waals surface area contributed by atoms with Crippen molar-refractivity contribution in [2.75, 3.05) is 12.4 Å². The molecule has 0 saturated heterocycles. The number of para-hydroxylation sites is 1. The summed E-state index contributed by atoms with van der Waals surface area (Å²) in [4.78, 5) is 17.3. The summed E-state index contributed by atoms with van der Waals surface area (Å²) in [6, 6.07) is 18.8. The summed E-state index contributed by atoms with van der Waals surface area (Å²) in [5, 5.41) is 6.81. The highest BCUT2D eigenvalue weighted by Gasteiger charge is 2.14. The maximum Gasteiger partial charge on any atom is 0.257 e. The van der Waals surface area contributed by atoms with Crippen molar-refractivity contribution in [3.8, 4) is 16.3 Å². The van der Waals surface area contributed by atoms with Crippen molar-refractivity contribution < 1.29 is 9.53 Å². The van der Waals surface area contributed by atoms with E-state index in [0.717, 1.165) is 38.0 Å². The van der Waals surface area contributed by atoms with Gasteiger partial charge in [-0.25, -0.2) is 4.98 Å². The quantitative estimate of drug-likeness (QED) is 0.348. The Morgan fingerprint density at radius 3 is 2.69 bits per heavy atom. The van der Waals surface area contributed by atoms with Crippen LogP contribution in [0.4, 0.5) is 5.69 Å². The van der Waals surface area contributed by atoms with E-state index in [4.69, 9.17) is 21.9 Å². The summed E-state index contributed by atoms with van der Waals surface area (Å²) in [5.41, 5.74) is 4.38. The lowest BCUT2D eigenvalue weighted by molar-refractivity contribution is 0.0978. The molecule has 10 heteroatoms. The number of nitrogens with one attached hydrogen (secondary N) is 2. The average molecular weight is 478 g/mol. The fourth-order valence-electron chi connectivity index (χ4n) is 3.19. The van der Waals surface area contributed by atoms with Gasteiger partial charge in [-0.1, -0.05) is 12.1 Å². The molecule has 0 unspecified atom stereocenters. The number of methoxy groups -OCH3 is 1. The molecule has 158 valence electrons. The molecule has 0 atom stereocenters. The molecule has 32 heavy (non-hydrogen) atoms. The van der Waals surface area contributed by atoms with Crippen LogP contribution in [0.1, 0.15) is 10.4 Å². The molecule has 3 aromatic carbocycles. The molecule has 7 nitrogen and oxygen atoms in total. The van der Waals surface area contributed by atoms with Gasteiger partial charge in [0, 0.05) is 11.1 Å². The summed E-state index contributed by atoms with van der Waals surface area (Å²) < 4.78 is 14.9. The zero-order chi connectivity index (χ0) is 22.1. The number of carbonyl (C=O) groups is 1. The fraction of sp³-hybridized carbons (Fsp3) is 0.0455. The average Bonchev–Trinajstić information content (AvgIpc) is 3.45. The minimum Gasteiger partial charge on any atom is -0.495 e. The van der Waals surface area contributed by atoms with E-state index < -0.39 is 0 Å². The number of ether oxygens (including phenoxy) is 1. The van der Waals surface area contributed by atoms with Crippen molar-refractivity contribution in [3.05, 3.63) is 66.2 Å². The lowest BCUT2D eigenvalue weighted by Gasteiger charge is -2.14. The Hall–Kier alpha value is -3.47. The molecular formula is C22H15N5O2S3. The number of rotatable bonds is 4. The van der Waals surface area contributed by atoms with Crippen LogP contribution in [0.5, 0.6) is 5.75 Å². The van der Waals surface area contributed by atoms with Crippen molar-refractivity contribution in [1.82, 2.24) is 19.0 Å². The molecule has 0 aliphatic heterocycles. The van der Waals surface area contributed by atoms with Gasteiger partial charge in [-0.2, -0.15) is 8.75 Å². The second-order valence-electron chi connectivity index (χ2n) is 6.78. The summed E-state index contributed by atoms with van der Waals surface area (Å²) in [5.74, 6) is 0.264. The summed E-state index contributed by atoms with van der Waals surface area (Å²) in [7, 11) is 1.58. The minimum absolute atomic E-state index is 0.159. The van der Waals surface area contributed by atoms with Crippen LogP contribution in [0.15, 0.2) is 60.7 Å². The van der Waals surface area contributed by atoms with Crippen molar-refractivity contribution in [3.63, 3.8) is 0 Å². The number of hydrogen-bond acceptors (Lipinski definition) is 8. The third-order valence-electron chi connectivity index (χ3n) is 4.73. The highest BCUT2D eigenvalue weighted by Crippen LogP contribution is 2.34. The Morgan fingerprint density at radius 2 is 1.84 bits per heavy atom. The van der Waals surface area contributed by atoms with Gasteiger partial charge < -0.3 is 10.1 Å². The predicted molar refractivity (Wildman–Crippen MR) is 133 cm³/mol. The second kappa shape index (κ2) is 8.58. The van der Waals surface area contributed by atoms with Crippen LogP contribution >= 0.6 is 35.3 Å². The Bertz CT molecular complexity index is 1440. The van der Waals surface area contributed by atoms with E-state index in [1.165, 1.54) is 0 Å². The van der Waals surface area contributed by atoms with Gasteiger partial charge in [-0.05, 0) is 60.7 Å². The standard InChI is InChI=1S/C22H15N5O2S3/c1-29-18-9-7-13(21-23-15-4-2-3-5-19(15)31-21)11-17(18)24-22(30)25-20(28)12-6-8-14-16(10-12)27-32-26-14/h2-11H,1H3,(H2,24,25,28,30). The van der Waals surface area contributed by atoms with Crippen molar-refractivity contribution in [2.24, 2.45) is 0 Å². The lowest BCUT2D eigenvalue weighted by atomic mass is 10.2. The minimum atomic E-state index is -0.335. The van der Waals surface area contributed by atoms with Crippen molar-refractivity contribution >= 4 is 73.2 Å². The molecule has 2 heterocycles. The van der Waals surface area contributed by atoms with E-state index in [1.54, 1.807) is 36.6 Å². The van der Waals surface area contributed by atoms with Gasteiger partial charge in [0.05, 0.1) is 34.7 Å². The Balaban J connectivity index is 1.36. The number of aromatic nitrogens is 3. The molecule has 0 fully saturated rings. The smallest absolute Gasteiger partial charge is 0.257 e. The predicted octanol–water partition coefficient (Wildman–Crippen LogP) is 5.10. The third kappa shape index (κ3) is 4.03. The highest BCUT2D eigenvalue weighted by atomic mass is 32.1. The highest BCUT2D eigenvalue weighted by molar-refractivity contribution is 7.80. The lowest BCUT2D eigenvalue weighted by Crippen LogP contribution is -2.34. The molecule has 0 saturated carbocycles. The van der Waals surface area contributed by atoms with E-state index in [0.29, 0.717) is 22.5 Å². The molecule has 5 rings (SSSR count). The molecule has 2 N–H and O–H groups in total. The molecule has 5 aromatic rings. The number of carbonyl (C=O) groups excluding carboxylic acids is 1. The first kappa shape index (κ1) is 20.4. The normalized spacial score (nSPS) is 10.9. The van der Waals surface area contributed by atoms with Crippen LogP contribution in [0.2, 0.25) is 0 Å². The van der Waals surface area contributed by atoms with E-state index in [2.05, 4.69) is 19.4 Å². The van der Waals surface area contributed by atoms with Crippen LogP contribution < -0.4 is 15.4 Å². The van der Waals surface area contributed by atoms with Crippen LogP contribution in [-0.4, -0.2) is 31.9 Å². The molecule has 2 aromatic heterocycles. The number of thiocarbonyl (C=S) groups is 1. The van der Waals surface area contributed by atoms with Gasteiger partial charge in [0.2, 0.25) is 0 Å². The first-order chi connectivity index (χ1) is 15.6. The molecular weight excluding hydrogens is 462 g/mol. The maximum absolute atomic E-state index is 12.6. The number of anilines is 1. The van der Waals surface area contributed by atoms with Gasteiger partial charge >= 0.3 is 0 Å². The van der Waals surface area contributed by atoms with Crippen LogP contribution in [0.25, 0.3) is 31.8 Å². The Morgan fingerprint density at radius 1 is 1.00 bits per heavy atom. The van der Waals surface area contributed by atoms with Crippen molar-refractivity contribution in [2.45, 2.75) is 0 Å². The summed E-state index contributed by atoms with van der Waals surface area (Å²) >= 11 is 8.09.